The van der Waals surface area contributed by atoms with Gasteiger partial charge in [-0.3, -0.25) is 4.79 Å². The molecular formula is C17H23N5O2S. The van der Waals surface area contributed by atoms with Gasteiger partial charge in [0.25, 0.3) is 0 Å². The van der Waals surface area contributed by atoms with E-state index in [2.05, 4.69) is 26.1 Å². The van der Waals surface area contributed by atoms with Crippen molar-refractivity contribution in [2.45, 2.75) is 46.1 Å². The fourth-order valence-corrected chi connectivity index (χ4v) is 3.07. The first-order chi connectivity index (χ1) is 12.0. The molecule has 0 radical (unpaired) electrons. The molecule has 0 aliphatic heterocycles. The fraction of sp³-hybridized carbons (Fsp3) is 0.412. The summed E-state index contributed by atoms with van der Waals surface area (Å²) in [6.45, 7) is 5.54. The van der Waals surface area contributed by atoms with Crippen LogP contribution in [-0.2, 0) is 11.2 Å². The van der Waals surface area contributed by atoms with E-state index in [4.69, 9.17) is 0 Å². The number of rotatable bonds is 7. The molecule has 8 heteroatoms. The Kier molecular flexibility index (Phi) is 6.88. The van der Waals surface area contributed by atoms with E-state index in [0.717, 1.165) is 29.1 Å². The minimum atomic E-state index is -0.189. The van der Waals surface area contributed by atoms with Crippen molar-refractivity contribution in [2.75, 3.05) is 10.6 Å². The molecule has 1 heterocycles. The van der Waals surface area contributed by atoms with Gasteiger partial charge in [-0.1, -0.05) is 37.3 Å². The third-order valence-corrected chi connectivity index (χ3v) is 4.48. The lowest BCUT2D eigenvalue weighted by atomic mass is 10.1. The molecule has 3 N–H and O–H groups in total. The highest BCUT2D eigenvalue weighted by molar-refractivity contribution is 7.15. The maximum atomic E-state index is 11.9. The maximum Gasteiger partial charge on any atom is 0.319 e. The van der Waals surface area contributed by atoms with Gasteiger partial charge in [0.1, 0.15) is 5.01 Å². The average Bonchev–Trinajstić information content (AvgIpc) is 3.00. The molecule has 134 valence electrons. The van der Waals surface area contributed by atoms with Crippen molar-refractivity contribution < 1.29 is 9.59 Å². The third kappa shape index (κ3) is 6.15. The van der Waals surface area contributed by atoms with Crippen molar-refractivity contribution in [2.24, 2.45) is 0 Å². The number of amides is 3. The summed E-state index contributed by atoms with van der Waals surface area (Å²) in [6, 6.07) is 7.59. The van der Waals surface area contributed by atoms with Crippen LogP contribution in [0.15, 0.2) is 24.3 Å². The quantitative estimate of drug-likeness (QED) is 0.704. The number of carbonyl (C=O) groups is 2. The van der Waals surface area contributed by atoms with E-state index >= 15 is 0 Å². The lowest BCUT2D eigenvalue weighted by Crippen LogP contribution is -2.37. The molecule has 0 atom stereocenters. The first-order valence-corrected chi connectivity index (χ1v) is 9.08. The van der Waals surface area contributed by atoms with Crippen LogP contribution < -0.4 is 16.0 Å². The van der Waals surface area contributed by atoms with E-state index in [-0.39, 0.29) is 18.0 Å². The molecule has 0 aliphatic carbocycles. The highest BCUT2D eigenvalue weighted by atomic mass is 32.1. The van der Waals surface area contributed by atoms with Crippen LogP contribution in [0.4, 0.5) is 15.6 Å². The number of benzene rings is 1. The Labute approximate surface area is 151 Å². The molecule has 3 amide bonds. The van der Waals surface area contributed by atoms with Gasteiger partial charge < -0.3 is 16.0 Å². The zero-order valence-electron chi connectivity index (χ0n) is 14.6. The Morgan fingerprint density at radius 3 is 2.36 bits per heavy atom. The predicted octanol–water partition coefficient (Wildman–Crippen LogP) is 3.40. The molecule has 2 aromatic rings. The van der Waals surface area contributed by atoms with Crippen LogP contribution in [0.5, 0.6) is 0 Å². The molecule has 25 heavy (non-hydrogen) atoms. The summed E-state index contributed by atoms with van der Waals surface area (Å²) >= 11 is 1.35. The summed E-state index contributed by atoms with van der Waals surface area (Å²) in [4.78, 5) is 22.9. The highest BCUT2D eigenvalue weighted by Crippen LogP contribution is 2.19. The molecule has 0 spiro atoms. The van der Waals surface area contributed by atoms with Crippen molar-refractivity contribution in [3.8, 4) is 0 Å². The van der Waals surface area contributed by atoms with E-state index < -0.39 is 0 Å². The van der Waals surface area contributed by atoms with Crippen molar-refractivity contribution in [3.63, 3.8) is 0 Å². The summed E-state index contributed by atoms with van der Waals surface area (Å²) in [5.74, 6) is -0.162. The van der Waals surface area contributed by atoms with E-state index in [9.17, 15) is 9.59 Å². The number of aromatic nitrogens is 2. The van der Waals surface area contributed by atoms with Gasteiger partial charge in [-0.05, 0) is 30.5 Å². The molecule has 0 bridgehead atoms. The molecular weight excluding hydrogens is 338 g/mol. The van der Waals surface area contributed by atoms with E-state index in [0.29, 0.717) is 11.6 Å². The molecule has 1 aromatic heterocycles. The number of anilines is 2. The fourth-order valence-electron chi connectivity index (χ4n) is 2.25. The predicted molar refractivity (Wildman–Crippen MR) is 100.0 cm³/mol. The van der Waals surface area contributed by atoms with Crippen molar-refractivity contribution in [1.82, 2.24) is 15.5 Å². The first-order valence-electron chi connectivity index (χ1n) is 8.26. The largest absolute Gasteiger partial charge is 0.335 e. The number of nitrogens with one attached hydrogen (secondary N) is 3. The van der Waals surface area contributed by atoms with Crippen LogP contribution in [0, 0.1) is 0 Å². The van der Waals surface area contributed by atoms with Gasteiger partial charge in [-0.2, -0.15) is 0 Å². The lowest BCUT2D eigenvalue weighted by Gasteiger charge is -2.15. The Balaban J connectivity index is 1.90. The number of hydrogen-bond donors (Lipinski definition) is 3. The highest BCUT2D eigenvalue weighted by Gasteiger charge is 2.09. The van der Waals surface area contributed by atoms with Gasteiger partial charge in [0.05, 0.1) is 0 Å². The summed E-state index contributed by atoms with van der Waals surface area (Å²) in [5, 5.41) is 17.7. The van der Waals surface area contributed by atoms with Gasteiger partial charge in [0.2, 0.25) is 11.0 Å². The number of urea groups is 1. The van der Waals surface area contributed by atoms with Crippen LogP contribution in [-0.4, -0.2) is 28.2 Å². The Bertz CT molecular complexity index is 710. The monoisotopic (exact) mass is 361 g/mol. The molecule has 0 saturated carbocycles. The van der Waals surface area contributed by atoms with Gasteiger partial charge in [-0.25, -0.2) is 4.79 Å². The normalized spacial score (nSPS) is 10.6. The molecule has 1 aromatic carbocycles. The van der Waals surface area contributed by atoms with E-state index in [1.165, 1.54) is 18.3 Å². The molecule has 0 aliphatic rings. The van der Waals surface area contributed by atoms with E-state index in [1.807, 2.05) is 38.1 Å². The van der Waals surface area contributed by atoms with Crippen LogP contribution in [0.25, 0.3) is 0 Å². The first kappa shape index (κ1) is 18.9. The minimum Gasteiger partial charge on any atom is -0.335 e. The zero-order valence-corrected chi connectivity index (χ0v) is 15.4. The number of hydrogen-bond acceptors (Lipinski definition) is 5. The van der Waals surface area contributed by atoms with Gasteiger partial charge in [0, 0.05) is 25.1 Å². The summed E-state index contributed by atoms with van der Waals surface area (Å²) in [7, 11) is 0. The molecule has 2 rings (SSSR count). The standard InChI is InChI=1S/C17H23N5O2S/c1-4-13(5-2)19-16(24)20-14-8-6-12(7-9-14)10-15-21-22-17(25-15)18-11(3)23/h6-9,13H,4-5,10H2,1-3H3,(H,18,22,23)(H2,19,20,24). The van der Waals surface area contributed by atoms with Crippen LogP contribution in [0.3, 0.4) is 0 Å². The Morgan fingerprint density at radius 1 is 1.08 bits per heavy atom. The second kappa shape index (κ2) is 9.12. The molecule has 0 saturated heterocycles. The SMILES string of the molecule is CCC(CC)NC(=O)Nc1ccc(Cc2nnc(NC(C)=O)s2)cc1. The summed E-state index contributed by atoms with van der Waals surface area (Å²) in [5.41, 5.74) is 1.79. The Hall–Kier alpha value is -2.48. The minimum absolute atomic E-state index is 0.162. The molecule has 7 nitrogen and oxygen atoms in total. The molecule has 0 fully saturated rings. The molecule has 0 unspecified atom stereocenters. The third-order valence-electron chi connectivity index (χ3n) is 3.64. The zero-order chi connectivity index (χ0) is 18.2. The second-order valence-corrected chi connectivity index (χ2v) is 6.73. The number of nitrogens with zero attached hydrogens (tertiary/aromatic N) is 2. The number of carbonyl (C=O) groups excluding carboxylic acids is 2. The summed E-state index contributed by atoms with van der Waals surface area (Å²) in [6.07, 6.45) is 2.44. The van der Waals surface area contributed by atoms with Crippen molar-refractivity contribution in [3.05, 3.63) is 34.8 Å². The van der Waals surface area contributed by atoms with E-state index in [1.54, 1.807) is 0 Å². The Morgan fingerprint density at radius 2 is 1.76 bits per heavy atom. The maximum absolute atomic E-state index is 11.9. The average molecular weight is 361 g/mol. The lowest BCUT2D eigenvalue weighted by molar-refractivity contribution is -0.114. The smallest absolute Gasteiger partial charge is 0.319 e. The van der Waals surface area contributed by atoms with Gasteiger partial charge >= 0.3 is 6.03 Å². The van der Waals surface area contributed by atoms with Crippen molar-refractivity contribution in [1.29, 1.82) is 0 Å². The van der Waals surface area contributed by atoms with Gasteiger partial charge in [0.15, 0.2) is 0 Å². The van der Waals surface area contributed by atoms with Crippen molar-refractivity contribution >= 4 is 34.1 Å². The van der Waals surface area contributed by atoms with Gasteiger partial charge in [-0.15, -0.1) is 10.2 Å². The van der Waals surface area contributed by atoms with Crippen LogP contribution >= 0.6 is 11.3 Å². The van der Waals surface area contributed by atoms with Crippen LogP contribution in [0.1, 0.15) is 44.2 Å². The topological polar surface area (TPSA) is 96.0 Å². The van der Waals surface area contributed by atoms with Crippen LogP contribution in [0.2, 0.25) is 0 Å². The second-order valence-electron chi connectivity index (χ2n) is 5.67. The summed E-state index contributed by atoms with van der Waals surface area (Å²) < 4.78 is 0.